The molecule has 1 aromatic rings. The molecule has 0 bridgehead atoms. The van der Waals surface area contributed by atoms with Gasteiger partial charge in [-0.05, 0) is 12.1 Å². The topological polar surface area (TPSA) is 13.6 Å². The Bertz CT molecular complexity index is 373. The zero-order chi connectivity index (χ0) is 10.6. The number of hydrogen-bond donors (Lipinski definition) is 0. The molecule has 0 N–H and O–H groups in total. The minimum absolute atomic E-state index is 0.273. The predicted molar refractivity (Wildman–Crippen MR) is 55.8 cm³/mol. The van der Waals surface area contributed by atoms with Gasteiger partial charge in [0.25, 0.3) is 0 Å². The molecule has 0 saturated carbocycles. The van der Waals surface area contributed by atoms with Gasteiger partial charge in [0, 0.05) is 10.0 Å². The maximum Gasteiger partial charge on any atom is 0.218 e. The van der Waals surface area contributed by atoms with Crippen molar-refractivity contribution in [3.63, 3.8) is 0 Å². The van der Waals surface area contributed by atoms with E-state index >= 15 is 0 Å². The fourth-order valence-corrected chi connectivity index (χ4v) is 1.58. The van der Waals surface area contributed by atoms with Gasteiger partial charge in [-0.25, -0.2) is 11.0 Å². The van der Waals surface area contributed by atoms with E-state index in [-0.39, 0.29) is 12.4 Å². The maximum absolute atomic E-state index is 13.4. The molecule has 0 fully saturated rings. The molecule has 0 aliphatic carbocycles. The molecule has 0 unspecified atom stereocenters. The standard InChI is InChI=1S/C10H9BrFNO/c1-13-4-3-8-9(12)5-7(11)6-10(8)14-2/h5-6H,3-4H2,2H3. The smallest absolute Gasteiger partial charge is 0.218 e. The highest BCUT2D eigenvalue weighted by atomic mass is 79.9. The lowest BCUT2D eigenvalue weighted by Gasteiger charge is -2.07. The number of ether oxygens (including phenoxy) is 1. The second kappa shape index (κ2) is 4.97. The van der Waals surface area contributed by atoms with Crippen LogP contribution < -0.4 is 4.74 Å². The van der Waals surface area contributed by atoms with Crippen molar-refractivity contribution in [3.05, 3.63) is 39.4 Å². The molecule has 1 aromatic carbocycles. The Hall–Kier alpha value is -1.08. The third kappa shape index (κ3) is 2.46. The van der Waals surface area contributed by atoms with Crippen LogP contribution >= 0.6 is 15.9 Å². The van der Waals surface area contributed by atoms with Crippen LogP contribution in [0.5, 0.6) is 5.75 Å². The van der Waals surface area contributed by atoms with Crippen molar-refractivity contribution in [3.8, 4) is 5.75 Å². The largest absolute Gasteiger partial charge is 0.496 e. The number of hydrogen-bond acceptors (Lipinski definition) is 1. The second-order valence-electron chi connectivity index (χ2n) is 2.70. The van der Waals surface area contributed by atoms with Gasteiger partial charge in [0.2, 0.25) is 6.54 Å². The summed E-state index contributed by atoms with van der Waals surface area (Å²) in [4.78, 5) is 3.19. The van der Waals surface area contributed by atoms with E-state index in [1.165, 1.54) is 13.2 Å². The van der Waals surface area contributed by atoms with Gasteiger partial charge in [0.05, 0.1) is 13.5 Å². The lowest BCUT2D eigenvalue weighted by atomic mass is 10.1. The fourth-order valence-electron chi connectivity index (χ4n) is 1.17. The van der Waals surface area contributed by atoms with E-state index < -0.39 is 0 Å². The van der Waals surface area contributed by atoms with Crippen LogP contribution in [-0.2, 0) is 6.42 Å². The first-order valence-electron chi connectivity index (χ1n) is 4.04. The molecule has 0 saturated heterocycles. The average molecular weight is 258 g/mol. The number of nitrogens with zero attached hydrogens (tertiary/aromatic N) is 1. The fraction of sp³-hybridized carbons (Fsp3) is 0.300. The molecule has 0 radical (unpaired) electrons. The van der Waals surface area contributed by atoms with E-state index in [1.54, 1.807) is 6.07 Å². The minimum Gasteiger partial charge on any atom is -0.496 e. The first-order valence-corrected chi connectivity index (χ1v) is 4.83. The van der Waals surface area contributed by atoms with Crippen molar-refractivity contribution in [2.24, 2.45) is 0 Å². The van der Waals surface area contributed by atoms with Gasteiger partial charge in [-0.1, -0.05) is 15.9 Å². The van der Waals surface area contributed by atoms with Crippen LogP contribution in [0.15, 0.2) is 16.6 Å². The van der Waals surface area contributed by atoms with Gasteiger partial charge in [-0.15, -0.1) is 0 Å². The zero-order valence-corrected chi connectivity index (χ0v) is 9.27. The molecule has 0 atom stereocenters. The number of rotatable bonds is 3. The van der Waals surface area contributed by atoms with Crippen molar-refractivity contribution in [1.29, 1.82) is 0 Å². The van der Waals surface area contributed by atoms with Crippen LogP contribution in [0.1, 0.15) is 5.56 Å². The van der Waals surface area contributed by atoms with Crippen LogP contribution in [0.25, 0.3) is 4.85 Å². The Kier molecular flexibility index (Phi) is 3.90. The molecular formula is C10H9BrFNO. The molecule has 0 aliphatic rings. The number of benzene rings is 1. The highest BCUT2D eigenvalue weighted by Crippen LogP contribution is 2.27. The Morgan fingerprint density at radius 1 is 1.57 bits per heavy atom. The second-order valence-corrected chi connectivity index (χ2v) is 3.62. The Morgan fingerprint density at radius 2 is 2.29 bits per heavy atom. The van der Waals surface area contributed by atoms with E-state index in [1.807, 2.05) is 0 Å². The third-order valence-corrected chi connectivity index (χ3v) is 2.27. The quantitative estimate of drug-likeness (QED) is 0.759. The lowest BCUT2D eigenvalue weighted by molar-refractivity contribution is 0.404. The monoisotopic (exact) mass is 257 g/mol. The Balaban J connectivity index is 3.06. The summed E-state index contributed by atoms with van der Waals surface area (Å²) in [7, 11) is 1.49. The molecule has 0 amide bonds. The summed E-state index contributed by atoms with van der Waals surface area (Å²) in [6.45, 7) is 6.92. The van der Waals surface area contributed by atoms with Gasteiger partial charge in [-0.3, -0.25) is 0 Å². The van der Waals surface area contributed by atoms with E-state index in [9.17, 15) is 4.39 Å². The van der Waals surface area contributed by atoms with Crippen molar-refractivity contribution in [1.82, 2.24) is 0 Å². The van der Waals surface area contributed by atoms with Crippen molar-refractivity contribution in [2.75, 3.05) is 13.7 Å². The molecule has 4 heteroatoms. The SMILES string of the molecule is [C-]#[N+]CCc1c(F)cc(Br)cc1OC. The summed E-state index contributed by atoms with van der Waals surface area (Å²) in [6.07, 6.45) is 0.381. The third-order valence-electron chi connectivity index (χ3n) is 1.81. The summed E-state index contributed by atoms with van der Waals surface area (Å²) in [6, 6.07) is 3.07. The van der Waals surface area contributed by atoms with Crippen LogP contribution in [-0.4, -0.2) is 13.7 Å². The zero-order valence-electron chi connectivity index (χ0n) is 7.68. The highest BCUT2D eigenvalue weighted by molar-refractivity contribution is 9.10. The van der Waals surface area contributed by atoms with Crippen molar-refractivity contribution < 1.29 is 9.13 Å². The number of halogens is 2. The normalized spacial score (nSPS) is 9.57. The van der Waals surface area contributed by atoms with Gasteiger partial charge in [0.1, 0.15) is 11.6 Å². The molecule has 1 rings (SSSR count). The average Bonchev–Trinajstić information content (AvgIpc) is 2.15. The van der Waals surface area contributed by atoms with E-state index in [0.29, 0.717) is 22.2 Å². The molecule has 74 valence electrons. The highest BCUT2D eigenvalue weighted by Gasteiger charge is 2.11. The molecular weight excluding hydrogens is 249 g/mol. The van der Waals surface area contributed by atoms with Gasteiger partial charge in [-0.2, -0.15) is 0 Å². The number of methoxy groups -OCH3 is 1. The maximum atomic E-state index is 13.4. The first kappa shape index (κ1) is 11.0. The van der Waals surface area contributed by atoms with Crippen LogP contribution in [0.2, 0.25) is 0 Å². The van der Waals surface area contributed by atoms with Crippen LogP contribution in [0.3, 0.4) is 0 Å². The Labute approximate surface area is 90.6 Å². The minimum atomic E-state index is -0.333. The van der Waals surface area contributed by atoms with Crippen molar-refractivity contribution >= 4 is 15.9 Å². The first-order chi connectivity index (χ1) is 6.69. The summed E-state index contributed by atoms with van der Waals surface area (Å²) in [5.74, 6) is 0.153. The Morgan fingerprint density at radius 3 is 2.86 bits per heavy atom. The molecule has 0 heterocycles. The molecule has 0 aromatic heterocycles. The van der Waals surface area contributed by atoms with Crippen LogP contribution in [0, 0.1) is 12.4 Å². The molecule has 14 heavy (non-hydrogen) atoms. The van der Waals surface area contributed by atoms with Crippen LogP contribution in [0.4, 0.5) is 4.39 Å². The van der Waals surface area contributed by atoms with Gasteiger partial charge >= 0.3 is 0 Å². The molecule has 0 spiro atoms. The van der Waals surface area contributed by atoms with E-state index in [2.05, 4.69) is 20.8 Å². The summed E-state index contributed by atoms with van der Waals surface area (Å²) in [5, 5.41) is 0. The van der Waals surface area contributed by atoms with E-state index in [0.717, 1.165) is 0 Å². The van der Waals surface area contributed by atoms with Gasteiger partial charge in [0.15, 0.2) is 0 Å². The van der Waals surface area contributed by atoms with E-state index in [4.69, 9.17) is 11.3 Å². The summed E-state index contributed by atoms with van der Waals surface area (Å²) < 4.78 is 19.1. The van der Waals surface area contributed by atoms with Crippen molar-refractivity contribution in [2.45, 2.75) is 6.42 Å². The summed E-state index contributed by atoms with van der Waals surface area (Å²) >= 11 is 3.18. The predicted octanol–water partition coefficient (Wildman–Crippen LogP) is 3.06. The lowest BCUT2D eigenvalue weighted by Crippen LogP contribution is -1.98. The summed E-state index contributed by atoms with van der Waals surface area (Å²) in [5.41, 5.74) is 0.465. The van der Waals surface area contributed by atoms with Gasteiger partial charge < -0.3 is 9.58 Å². The molecule has 0 aliphatic heterocycles. The molecule has 2 nitrogen and oxygen atoms in total.